The minimum atomic E-state index is 0.442. The van der Waals surface area contributed by atoms with Gasteiger partial charge in [-0.25, -0.2) is 5.32 Å². The van der Waals surface area contributed by atoms with Crippen LogP contribution >= 0.6 is 0 Å². The Kier molecular flexibility index (Phi) is 6.98. The fraction of sp³-hybridized carbons (Fsp3) is 1.00. The SMILES string of the molecule is CCCCN(CCCC)C1CNCC[N]1. The molecular weight excluding hydrogens is 186 g/mol. The van der Waals surface area contributed by atoms with E-state index in [1.807, 2.05) is 0 Å². The van der Waals surface area contributed by atoms with Gasteiger partial charge >= 0.3 is 0 Å². The summed E-state index contributed by atoms with van der Waals surface area (Å²) in [6.45, 7) is 10.0. The molecule has 0 aromatic heterocycles. The maximum atomic E-state index is 4.70. The van der Waals surface area contributed by atoms with Crippen molar-refractivity contribution in [1.82, 2.24) is 15.5 Å². The molecule has 0 amide bonds. The van der Waals surface area contributed by atoms with Crippen LogP contribution in [0.25, 0.3) is 0 Å². The van der Waals surface area contributed by atoms with E-state index in [0.29, 0.717) is 6.17 Å². The zero-order valence-corrected chi connectivity index (χ0v) is 10.3. The van der Waals surface area contributed by atoms with Crippen LogP contribution in [0.3, 0.4) is 0 Å². The van der Waals surface area contributed by atoms with Gasteiger partial charge in [-0.3, -0.25) is 4.90 Å². The Morgan fingerprint density at radius 2 is 1.87 bits per heavy atom. The summed E-state index contributed by atoms with van der Waals surface area (Å²) in [5.74, 6) is 0. The van der Waals surface area contributed by atoms with E-state index in [2.05, 4.69) is 24.1 Å². The van der Waals surface area contributed by atoms with Crippen LogP contribution in [0.2, 0.25) is 0 Å². The molecule has 0 bridgehead atoms. The first-order valence-corrected chi connectivity index (χ1v) is 6.49. The molecule has 1 N–H and O–H groups in total. The number of piperazine rings is 1. The normalized spacial score (nSPS) is 22.2. The maximum Gasteiger partial charge on any atom is 0.0887 e. The molecule has 1 rings (SSSR count). The summed E-state index contributed by atoms with van der Waals surface area (Å²) >= 11 is 0. The molecule has 1 heterocycles. The minimum absolute atomic E-state index is 0.442. The molecule has 15 heavy (non-hydrogen) atoms. The lowest BCUT2D eigenvalue weighted by Gasteiger charge is -2.34. The van der Waals surface area contributed by atoms with Gasteiger partial charge in [0, 0.05) is 19.6 Å². The fourth-order valence-electron chi connectivity index (χ4n) is 1.97. The Hall–Kier alpha value is -0.120. The summed E-state index contributed by atoms with van der Waals surface area (Å²) < 4.78 is 0. The van der Waals surface area contributed by atoms with Crippen LogP contribution in [-0.4, -0.2) is 43.8 Å². The summed E-state index contributed by atoms with van der Waals surface area (Å²) in [5, 5.41) is 8.13. The van der Waals surface area contributed by atoms with Crippen LogP contribution in [-0.2, 0) is 0 Å². The van der Waals surface area contributed by atoms with Gasteiger partial charge in [-0.1, -0.05) is 26.7 Å². The molecule has 1 unspecified atom stereocenters. The third-order valence-electron chi connectivity index (χ3n) is 2.97. The zero-order chi connectivity index (χ0) is 10.9. The highest BCUT2D eigenvalue weighted by molar-refractivity contribution is 4.76. The van der Waals surface area contributed by atoms with Crippen LogP contribution < -0.4 is 10.6 Å². The minimum Gasteiger partial charge on any atom is -0.312 e. The molecular formula is C12H26N3. The van der Waals surface area contributed by atoms with Crippen LogP contribution in [0.5, 0.6) is 0 Å². The van der Waals surface area contributed by atoms with Crippen molar-refractivity contribution in [3.05, 3.63) is 0 Å². The first-order valence-electron chi connectivity index (χ1n) is 6.49. The molecule has 89 valence electrons. The standard InChI is InChI=1S/C12H26N3/c1-3-5-9-15(10-6-4-2)12-11-13-7-8-14-12/h12-13H,3-11H2,1-2H3. The van der Waals surface area contributed by atoms with Crippen molar-refractivity contribution in [3.63, 3.8) is 0 Å². The van der Waals surface area contributed by atoms with Gasteiger partial charge in [0.2, 0.25) is 0 Å². The number of hydrogen-bond donors (Lipinski definition) is 1. The zero-order valence-electron chi connectivity index (χ0n) is 10.3. The fourth-order valence-corrected chi connectivity index (χ4v) is 1.97. The van der Waals surface area contributed by atoms with Crippen LogP contribution in [0.1, 0.15) is 39.5 Å². The molecule has 1 aliphatic rings. The lowest BCUT2D eigenvalue weighted by atomic mass is 10.2. The average molecular weight is 212 g/mol. The summed E-state index contributed by atoms with van der Waals surface area (Å²) in [4.78, 5) is 2.55. The topological polar surface area (TPSA) is 29.4 Å². The highest BCUT2D eigenvalue weighted by Gasteiger charge is 2.20. The Morgan fingerprint density at radius 1 is 1.20 bits per heavy atom. The second-order valence-electron chi connectivity index (χ2n) is 4.33. The van der Waals surface area contributed by atoms with Crippen molar-refractivity contribution in [2.24, 2.45) is 0 Å². The molecule has 0 aromatic rings. The highest BCUT2D eigenvalue weighted by Crippen LogP contribution is 2.05. The van der Waals surface area contributed by atoms with Gasteiger partial charge in [-0.2, -0.15) is 0 Å². The molecule has 1 aliphatic heterocycles. The molecule has 0 spiro atoms. The second kappa shape index (κ2) is 8.08. The quantitative estimate of drug-likeness (QED) is 0.691. The molecule has 1 atom stereocenters. The monoisotopic (exact) mass is 212 g/mol. The van der Waals surface area contributed by atoms with Crippen molar-refractivity contribution < 1.29 is 0 Å². The van der Waals surface area contributed by atoms with Gasteiger partial charge in [0.1, 0.15) is 0 Å². The second-order valence-corrected chi connectivity index (χ2v) is 4.33. The van der Waals surface area contributed by atoms with E-state index in [-0.39, 0.29) is 0 Å². The summed E-state index contributed by atoms with van der Waals surface area (Å²) in [6.07, 6.45) is 5.61. The van der Waals surface area contributed by atoms with Crippen molar-refractivity contribution in [2.75, 3.05) is 32.7 Å². The van der Waals surface area contributed by atoms with E-state index in [4.69, 9.17) is 5.32 Å². The van der Waals surface area contributed by atoms with Crippen molar-refractivity contribution in [1.29, 1.82) is 0 Å². The smallest absolute Gasteiger partial charge is 0.0887 e. The number of nitrogens with zero attached hydrogens (tertiary/aromatic N) is 2. The number of rotatable bonds is 7. The van der Waals surface area contributed by atoms with Gasteiger partial charge in [0.15, 0.2) is 0 Å². The van der Waals surface area contributed by atoms with Crippen molar-refractivity contribution in [3.8, 4) is 0 Å². The van der Waals surface area contributed by atoms with E-state index in [1.165, 1.54) is 38.8 Å². The van der Waals surface area contributed by atoms with Gasteiger partial charge < -0.3 is 5.32 Å². The van der Waals surface area contributed by atoms with E-state index >= 15 is 0 Å². The van der Waals surface area contributed by atoms with Crippen LogP contribution in [0.4, 0.5) is 0 Å². The first-order chi connectivity index (χ1) is 7.38. The highest BCUT2D eigenvalue weighted by atomic mass is 15.3. The van der Waals surface area contributed by atoms with Crippen molar-refractivity contribution in [2.45, 2.75) is 45.7 Å². The van der Waals surface area contributed by atoms with Crippen LogP contribution in [0.15, 0.2) is 0 Å². The largest absolute Gasteiger partial charge is 0.312 e. The van der Waals surface area contributed by atoms with Gasteiger partial charge in [-0.15, -0.1) is 0 Å². The lowest BCUT2D eigenvalue weighted by Crippen LogP contribution is -2.54. The number of nitrogens with one attached hydrogen (secondary N) is 1. The lowest BCUT2D eigenvalue weighted by molar-refractivity contribution is 0.140. The molecule has 0 aliphatic carbocycles. The Bertz CT molecular complexity index is 136. The van der Waals surface area contributed by atoms with E-state index < -0.39 is 0 Å². The predicted molar refractivity (Wildman–Crippen MR) is 65.0 cm³/mol. The van der Waals surface area contributed by atoms with Crippen LogP contribution in [0, 0.1) is 0 Å². The summed E-state index contributed by atoms with van der Waals surface area (Å²) in [7, 11) is 0. The molecule has 3 heteroatoms. The summed E-state index contributed by atoms with van der Waals surface area (Å²) in [5.41, 5.74) is 0. The third kappa shape index (κ3) is 4.96. The van der Waals surface area contributed by atoms with Gasteiger partial charge in [0.25, 0.3) is 0 Å². The van der Waals surface area contributed by atoms with Crippen molar-refractivity contribution >= 4 is 0 Å². The van der Waals surface area contributed by atoms with E-state index in [9.17, 15) is 0 Å². The summed E-state index contributed by atoms with van der Waals surface area (Å²) in [6, 6.07) is 0. The molecule has 1 saturated heterocycles. The molecule has 3 nitrogen and oxygen atoms in total. The maximum absolute atomic E-state index is 4.70. The van der Waals surface area contributed by atoms with Gasteiger partial charge in [0.05, 0.1) is 6.17 Å². The Morgan fingerprint density at radius 3 is 2.33 bits per heavy atom. The number of hydrogen-bond acceptors (Lipinski definition) is 2. The Balaban J connectivity index is 2.30. The molecule has 0 aromatic carbocycles. The van der Waals surface area contributed by atoms with Gasteiger partial charge in [-0.05, 0) is 25.9 Å². The first kappa shape index (κ1) is 12.9. The number of unbranched alkanes of at least 4 members (excludes halogenated alkanes) is 2. The molecule has 1 fully saturated rings. The molecule has 0 saturated carbocycles. The third-order valence-corrected chi connectivity index (χ3v) is 2.97. The van der Waals surface area contributed by atoms with E-state index in [1.54, 1.807) is 0 Å². The predicted octanol–water partition coefficient (Wildman–Crippen LogP) is 1.42. The van der Waals surface area contributed by atoms with E-state index in [0.717, 1.165) is 19.6 Å². The average Bonchev–Trinajstić information content (AvgIpc) is 2.30. The molecule has 1 radical (unpaired) electrons. The Labute approximate surface area is 94.6 Å².